The molecule has 0 unspecified atom stereocenters. The van der Waals surface area contributed by atoms with Crippen LogP contribution in [0.5, 0.6) is 5.75 Å². The molecule has 1 N–H and O–H groups in total. The van der Waals surface area contributed by atoms with Crippen LogP contribution in [0, 0.1) is 0 Å². The first-order valence-corrected chi connectivity index (χ1v) is 13.7. The molecule has 2 amide bonds. The number of nitrogens with zero attached hydrogens (tertiary/aromatic N) is 2. The maximum absolute atomic E-state index is 13.6. The number of carbonyl (C=O) groups excluding carboxylic acids is 2. The number of sulfonamides is 1. The molecule has 1 atom stereocenters. The third kappa shape index (κ3) is 8.04. The molecule has 8 nitrogen and oxygen atoms in total. The highest BCUT2D eigenvalue weighted by Gasteiger charge is 2.32. The second-order valence-electron chi connectivity index (χ2n) is 8.55. The van der Waals surface area contributed by atoms with E-state index in [2.05, 4.69) is 5.32 Å². The maximum Gasteiger partial charge on any atom is 0.247 e. The molecule has 0 aromatic heterocycles. The Morgan fingerprint density at radius 2 is 1.54 bits per heavy atom. The Balaban J connectivity index is 1.95. The second kappa shape index (κ2) is 12.7. The average Bonchev–Trinajstić information content (AvgIpc) is 2.88. The molecule has 0 aliphatic rings. The first-order valence-electron chi connectivity index (χ1n) is 11.5. The van der Waals surface area contributed by atoms with Crippen molar-refractivity contribution < 1.29 is 22.7 Å². The maximum atomic E-state index is 13.6. The van der Waals surface area contributed by atoms with E-state index >= 15 is 0 Å². The fourth-order valence-electron chi connectivity index (χ4n) is 3.65. The van der Waals surface area contributed by atoms with Crippen LogP contribution in [0.1, 0.15) is 22.7 Å². The van der Waals surface area contributed by atoms with Gasteiger partial charge in [-0.2, -0.15) is 4.31 Å². The highest BCUT2D eigenvalue weighted by atomic mass is 35.5. The normalized spacial score (nSPS) is 12.1. The predicted molar refractivity (Wildman–Crippen MR) is 143 cm³/mol. The van der Waals surface area contributed by atoms with Crippen LogP contribution >= 0.6 is 11.6 Å². The van der Waals surface area contributed by atoms with E-state index in [1.807, 2.05) is 18.2 Å². The Morgan fingerprint density at radius 3 is 2.11 bits per heavy atom. The first kappa shape index (κ1) is 28.2. The zero-order valence-corrected chi connectivity index (χ0v) is 22.5. The quantitative estimate of drug-likeness (QED) is 0.398. The molecule has 0 aliphatic heterocycles. The van der Waals surface area contributed by atoms with Crippen molar-refractivity contribution in [3.63, 3.8) is 0 Å². The molecule has 0 radical (unpaired) electrons. The van der Waals surface area contributed by atoms with Gasteiger partial charge in [-0.15, -0.1) is 0 Å². The van der Waals surface area contributed by atoms with Crippen LogP contribution in [-0.4, -0.2) is 56.4 Å². The van der Waals surface area contributed by atoms with Gasteiger partial charge in [0.05, 0.1) is 19.9 Å². The van der Waals surface area contributed by atoms with Crippen molar-refractivity contribution in [3.05, 3.63) is 101 Å². The van der Waals surface area contributed by atoms with E-state index in [0.29, 0.717) is 16.3 Å². The molecule has 0 spiro atoms. The minimum absolute atomic E-state index is 0.0725. The highest BCUT2D eigenvalue weighted by Crippen LogP contribution is 2.25. The van der Waals surface area contributed by atoms with Crippen molar-refractivity contribution in [1.82, 2.24) is 14.5 Å². The molecule has 3 rings (SSSR count). The lowest BCUT2D eigenvalue weighted by molar-refractivity contribution is -0.141. The van der Waals surface area contributed by atoms with E-state index in [9.17, 15) is 18.0 Å². The number of halogens is 1. The number of rotatable bonds is 11. The molecular formula is C27H30ClN3O5S. The summed E-state index contributed by atoms with van der Waals surface area (Å²) in [7, 11) is -0.708. The lowest BCUT2D eigenvalue weighted by Gasteiger charge is -2.32. The van der Waals surface area contributed by atoms with Gasteiger partial charge in [-0.25, -0.2) is 8.42 Å². The number of hydrogen-bond acceptors (Lipinski definition) is 5. The molecule has 0 saturated carbocycles. The molecule has 10 heteroatoms. The zero-order valence-electron chi connectivity index (χ0n) is 20.9. The summed E-state index contributed by atoms with van der Waals surface area (Å²) >= 11 is 6.03. The van der Waals surface area contributed by atoms with Gasteiger partial charge < -0.3 is 15.0 Å². The molecule has 3 aromatic rings. The number of benzene rings is 3. The average molecular weight is 544 g/mol. The van der Waals surface area contributed by atoms with Gasteiger partial charge in [0.15, 0.2) is 0 Å². The van der Waals surface area contributed by atoms with E-state index < -0.39 is 34.4 Å². The van der Waals surface area contributed by atoms with Crippen LogP contribution in [-0.2, 0) is 32.7 Å². The summed E-state index contributed by atoms with van der Waals surface area (Å²) in [6.45, 7) is -0.108. The fourth-order valence-corrected chi connectivity index (χ4v) is 4.12. The Labute approximate surface area is 222 Å². The summed E-state index contributed by atoms with van der Waals surface area (Å²) in [5, 5.41) is 3.46. The number of methoxy groups -OCH3 is 1. The molecule has 0 bridgehead atoms. The topological polar surface area (TPSA) is 96.0 Å². The molecule has 0 fully saturated rings. The molecule has 37 heavy (non-hydrogen) atoms. The first-order chi connectivity index (χ1) is 17.6. The van der Waals surface area contributed by atoms with Crippen LogP contribution in [0.25, 0.3) is 0 Å². The molecule has 0 aliphatic carbocycles. The Bertz CT molecular complexity index is 1300. The van der Waals surface area contributed by atoms with Gasteiger partial charge in [-0.3, -0.25) is 9.59 Å². The minimum Gasteiger partial charge on any atom is -0.497 e. The summed E-state index contributed by atoms with van der Waals surface area (Å²) in [4.78, 5) is 28.6. The van der Waals surface area contributed by atoms with Gasteiger partial charge in [0.2, 0.25) is 21.8 Å². The third-order valence-electron chi connectivity index (χ3n) is 5.81. The predicted octanol–water partition coefficient (Wildman–Crippen LogP) is 3.63. The Morgan fingerprint density at radius 1 is 0.946 bits per heavy atom. The second-order valence-corrected chi connectivity index (χ2v) is 11.1. The van der Waals surface area contributed by atoms with E-state index in [1.165, 1.54) is 11.9 Å². The smallest absolute Gasteiger partial charge is 0.247 e. The molecule has 196 valence electrons. The van der Waals surface area contributed by atoms with Gasteiger partial charge in [0.25, 0.3) is 0 Å². The fraction of sp³-hybridized carbons (Fsp3) is 0.259. The number of nitrogens with one attached hydrogen (secondary N) is 1. The summed E-state index contributed by atoms with van der Waals surface area (Å²) in [6, 6.07) is 22.1. The van der Waals surface area contributed by atoms with Gasteiger partial charge in [0, 0.05) is 25.2 Å². The van der Waals surface area contributed by atoms with Crippen LogP contribution in [0.2, 0.25) is 5.02 Å². The lowest BCUT2D eigenvalue weighted by Crippen LogP contribution is -2.47. The van der Waals surface area contributed by atoms with Crippen LogP contribution in [0.3, 0.4) is 0 Å². The zero-order chi connectivity index (χ0) is 27.0. The highest BCUT2D eigenvalue weighted by molar-refractivity contribution is 7.88. The number of likely N-dealkylation sites (N-methyl/N-ethyl adjacent to an activating group) is 1. The third-order valence-corrected chi connectivity index (χ3v) is 7.33. The summed E-state index contributed by atoms with van der Waals surface area (Å²) in [5.74, 6) is -0.213. The van der Waals surface area contributed by atoms with Crippen molar-refractivity contribution in [3.8, 4) is 5.75 Å². The number of ether oxygens (including phenoxy) is 1. The monoisotopic (exact) mass is 543 g/mol. The standard InChI is InChI=1S/C27H30ClN3O5S/c1-30(37(3,34)35)19-25(32)31(18-21-9-13-23(28)14-10-21)26(22-7-5-4-6-8-22)27(33)29-17-20-11-15-24(36-2)16-12-20/h4-16,26H,17-19H2,1-3H3,(H,29,33)/t26-/m1/s1. The SMILES string of the molecule is COc1ccc(CNC(=O)[C@@H](c2ccccc2)N(Cc2ccc(Cl)cc2)C(=O)CN(C)S(C)(=O)=O)cc1. The van der Waals surface area contributed by atoms with Gasteiger partial charge in [-0.05, 0) is 41.0 Å². The van der Waals surface area contributed by atoms with Crippen molar-refractivity contribution in [1.29, 1.82) is 0 Å². The lowest BCUT2D eigenvalue weighted by atomic mass is 10.0. The van der Waals surface area contributed by atoms with Gasteiger partial charge in [0.1, 0.15) is 11.8 Å². The van der Waals surface area contributed by atoms with Crippen molar-refractivity contribution in [2.45, 2.75) is 19.1 Å². The van der Waals surface area contributed by atoms with E-state index in [1.54, 1.807) is 67.8 Å². The van der Waals surface area contributed by atoms with Crippen molar-refractivity contribution >= 4 is 33.4 Å². The summed E-state index contributed by atoms with van der Waals surface area (Å²) < 4.78 is 30.2. The van der Waals surface area contributed by atoms with E-state index in [4.69, 9.17) is 16.3 Å². The van der Waals surface area contributed by atoms with Gasteiger partial charge in [-0.1, -0.05) is 66.2 Å². The minimum atomic E-state index is -3.61. The van der Waals surface area contributed by atoms with E-state index in [0.717, 1.165) is 21.7 Å². The number of carbonyl (C=O) groups is 2. The number of amides is 2. The van der Waals surface area contributed by atoms with Crippen LogP contribution in [0.15, 0.2) is 78.9 Å². The van der Waals surface area contributed by atoms with Crippen molar-refractivity contribution in [2.75, 3.05) is 27.0 Å². The molecule has 0 saturated heterocycles. The summed E-state index contributed by atoms with van der Waals surface area (Å²) in [6.07, 6.45) is 1.03. The Kier molecular flexibility index (Phi) is 9.68. The van der Waals surface area contributed by atoms with Crippen LogP contribution < -0.4 is 10.1 Å². The molecule has 0 heterocycles. The molecular weight excluding hydrogens is 514 g/mol. The van der Waals surface area contributed by atoms with E-state index in [-0.39, 0.29) is 13.1 Å². The van der Waals surface area contributed by atoms with Crippen molar-refractivity contribution in [2.24, 2.45) is 0 Å². The summed E-state index contributed by atoms with van der Waals surface area (Å²) in [5.41, 5.74) is 2.19. The van der Waals surface area contributed by atoms with Crippen LogP contribution in [0.4, 0.5) is 0 Å². The Hall–Kier alpha value is -3.40. The number of hydrogen-bond donors (Lipinski definition) is 1. The largest absolute Gasteiger partial charge is 0.497 e. The molecule has 3 aromatic carbocycles. The van der Waals surface area contributed by atoms with Gasteiger partial charge >= 0.3 is 0 Å².